The minimum absolute atomic E-state index is 0.834. The fraction of sp³-hybridized carbons (Fsp3) is 0.857. The van der Waals surface area contributed by atoms with E-state index in [0.29, 0.717) is 0 Å². The van der Waals surface area contributed by atoms with Crippen molar-refractivity contribution in [3.05, 3.63) is 5.82 Å². The number of rotatable bonds is 4. The molecule has 62 valence electrons. The zero-order chi connectivity index (χ0) is 8.10. The predicted molar refractivity (Wildman–Crippen MR) is 42.1 cm³/mol. The van der Waals surface area contributed by atoms with Crippen LogP contribution in [0.4, 0.5) is 0 Å². The lowest BCUT2D eigenvalue weighted by molar-refractivity contribution is 0.494. The van der Waals surface area contributed by atoms with E-state index in [1.165, 1.54) is 6.42 Å². The van der Waals surface area contributed by atoms with Gasteiger partial charge in [-0.3, -0.25) is 0 Å². The number of aryl methyl sites for hydroxylation is 2. The van der Waals surface area contributed by atoms with Gasteiger partial charge in [-0.2, -0.15) is 4.80 Å². The highest BCUT2D eigenvalue weighted by atomic mass is 15.6. The van der Waals surface area contributed by atoms with Gasteiger partial charge in [0.1, 0.15) is 0 Å². The van der Waals surface area contributed by atoms with E-state index >= 15 is 0 Å². The van der Waals surface area contributed by atoms with Crippen molar-refractivity contribution in [3.63, 3.8) is 0 Å². The minimum Gasteiger partial charge on any atom is -0.164 e. The van der Waals surface area contributed by atoms with Gasteiger partial charge in [-0.1, -0.05) is 20.3 Å². The average molecular weight is 154 g/mol. The van der Waals surface area contributed by atoms with Gasteiger partial charge in [-0.05, 0) is 11.6 Å². The van der Waals surface area contributed by atoms with E-state index in [9.17, 15) is 0 Å². The highest BCUT2D eigenvalue weighted by molar-refractivity contribution is 4.73. The molecule has 1 aromatic heterocycles. The second kappa shape index (κ2) is 4.05. The van der Waals surface area contributed by atoms with Gasteiger partial charge in [-0.25, -0.2) is 0 Å². The number of nitrogens with zero attached hydrogens (tertiary/aromatic N) is 4. The molecule has 1 rings (SSSR count). The molecule has 4 nitrogen and oxygen atoms in total. The summed E-state index contributed by atoms with van der Waals surface area (Å²) in [6.07, 6.45) is 3.16. The topological polar surface area (TPSA) is 43.6 Å². The van der Waals surface area contributed by atoms with Crippen LogP contribution in [0.5, 0.6) is 0 Å². The van der Waals surface area contributed by atoms with E-state index in [0.717, 1.165) is 25.2 Å². The molecule has 11 heavy (non-hydrogen) atoms. The Hall–Kier alpha value is -0.930. The van der Waals surface area contributed by atoms with Crippen molar-refractivity contribution in [2.75, 3.05) is 0 Å². The Morgan fingerprint density at radius 3 is 2.73 bits per heavy atom. The maximum atomic E-state index is 4.16. The summed E-state index contributed by atoms with van der Waals surface area (Å²) in [5, 5.41) is 11.9. The van der Waals surface area contributed by atoms with Crippen LogP contribution in [0.25, 0.3) is 0 Å². The summed E-state index contributed by atoms with van der Waals surface area (Å²) in [6.45, 7) is 5.07. The first-order valence-corrected chi connectivity index (χ1v) is 4.13. The number of unbranched alkanes of at least 4 members (excludes halogenated alkanes) is 1. The Labute approximate surface area is 66.6 Å². The second-order valence-corrected chi connectivity index (χ2v) is 2.51. The predicted octanol–water partition coefficient (Wildman–Crippen LogP) is 1.04. The van der Waals surface area contributed by atoms with Gasteiger partial charge >= 0.3 is 0 Å². The van der Waals surface area contributed by atoms with Crippen molar-refractivity contribution in [3.8, 4) is 0 Å². The van der Waals surface area contributed by atoms with Gasteiger partial charge in [0, 0.05) is 6.42 Å². The Balaban J connectivity index is 2.44. The Morgan fingerprint density at radius 2 is 2.18 bits per heavy atom. The van der Waals surface area contributed by atoms with Gasteiger partial charge in [0.05, 0.1) is 6.54 Å². The van der Waals surface area contributed by atoms with Crippen LogP contribution in [-0.4, -0.2) is 20.2 Å². The molecule has 4 heteroatoms. The first-order chi connectivity index (χ1) is 5.36. The molecule has 0 N–H and O–H groups in total. The Kier molecular flexibility index (Phi) is 3.01. The zero-order valence-electron chi connectivity index (χ0n) is 7.12. The summed E-state index contributed by atoms with van der Waals surface area (Å²) in [6, 6.07) is 0. The molecular formula is C7H14N4. The summed E-state index contributed by atoms with van der Waals surface area (Å²) in [4.78, 5) is 1.67. The highest BCUT2D eigenvalue weighted by Crippen LogP contribution is 1.91. The van der Waals surface area contributed by atoms with Crippen molar-refractivity contribution in [1.29, 1.82) is 0 Å². The molecule has 0 aliphatic carbocycles. The Bertz CT molecular complexity index is 206. The number of tetrazole rings is 1. The van der Waals surface area contributed by atoms with Gasteiger partial charge in [-0.15, -0.1) is 10.2 Å². The minimum atomic E-state index is 0.834. The van der Waals surface area contributed by atoms with Crippen molar-refractivity contribution < 1.29 is 0 Å². The maximum absolute atomic E-state index is 4.16. The summed E-state index contributed by atoms with van der Waals surface area (Å²) >= 11 is 0. The van der Waals surface area contributed by atoms with E-state index in [-0.39, 0.29) is 0 Å². The fourth-order valence-electron chi connectivity index (χ4n) is 0.812. The van der Waals surface area contributed by atoms with Gasteiger partial charge in [0.25, 0.3) is 0 Å². The third-order valence-corrected chi connectivity index (χ3v) is 1.52. The molecule has 0 aliphatic rings. The molecule has 0 bridgehead atoms. The van der Waals surface area contributed by atoms with Gasteiger partial charge in [0.2, 0.25) is 0 Å². The summed E-state index contributed by atoms with van der Waals surface area (Å²) in [5.41, 5.74) is 0. The molecular weight excluding hydrogens is 140 g/mol. The van der Waals surface area contributed by atoms with E-state index < -0.39 is 0 Å². The van der Waals surface area contributed by atoms with Gasteiger partial charge in [0.15, 0.2) is 5.82 Å². The standard InChI is InChI=1S/C7H14N4/c1-3-5-6-11-9-7(4-2)8-10-11/h3-6H2,1-2H3. The van der Waals surface area contributed by atoms with Crippen LogP contribution in [0, 0.1) is 0 Å². The number of aromatic nitrogens is 4. The van der Waals surface area contributed by atoms with Crippen LogP contribution in [0.2, 0.25) is 0 Å². The van der Waals surface area contributed by atoms with Crippen molar-refractivity contribution in [1.82, 2.24) is 20.2 Å². The largest absolute Gasteiger partial charge is 0.174 e. The van der Waals surface area contributed by atoms with Crippen LogP contribution in [-0.2, 0) is 13.0 Å². The van der Waals surface area contributed by atoms with Crippen LogP contribution in [0.15, 0.2) is 0 Å². The lowest BCUT2D eigenvalue weighted by Crippen LogP contribution is -2.02. The van der Waals surface area contributed by atoms with Crippen LogP contribution >= 0.6 is 0 Å². The molecule has 0 aliphatic heterocycles. The molecule has 0 saturated carbocycles. The van der Waals surface area contributed by atoms with E-state index in [1.807, 2.05) is 6.92 Å². The monoisotopic (exact) mass is 154 g/mol. The normalized spacial score (nSPS) is 10.4. The molecule has 0 fully saturated rings. The smallest absolute Gasteiger partial charge is 0.164 e. The number of hydrogen-bond donors (Lipinski definition) is 0. The Morgan fingerprint density at radius 1 is 1.36 bits per heavy atom. The van der Waals surface area contributed by atoms with Crippen molar-refractivity contribution in [2.24, 2.45) is 0 Å². The molecule has 1 aromatic rings. The highest BCUT2D eigenvalue weighted by Gasteiger charge is 1.97. The van der Waals surface area contributed by atoms with E-state index in [1.54, 1.807) is 4.80 Å². The number of hydrogen-bond acceptors (Lipinski definition) is 3. The molecule has 0 unspecified atom stereocenters. The van der Waals surface area contributed by atoms with Crippen molar-refractivity contribution >= 4 is 0 Å². The second-order valence-electron chi connectivity index (χ2n) is 2.51. The lowest BCUT2D eigenvalue weighted by Gasteiger charge is -1.93. The van der Waals surface area contributed by atoms with Gasteiger partial charge < -0.3 is 0 Å². The molecule has 0 saturated heterocycles. The third kappa shape index (κ3) is 2.29. The van der Waals surface area contributed by atoms with E-state index in [4.69, 9.17) is 0 Å². The quantitative estimate of drug-likeness (QED) is 0.650. The molecule has 0 aromatic carbocycles. The third-order valence-electron chi connectivity index (χ3n) is 1.52. The van der Waals surface area contributed by atoms with Crippen LogP contribution in [0.1, 0.15) is 32.5 Å². The average Bonchev–Trinajstić information content (AvgIpc) is 2.48. The molecule has 1 heterocycles. The SMILES string of the molecule is CCCCn1nnc(CC)n1. The summed E-state index contributed by atoms with van der Waals surface area (Å²) < 4.78 is 0. The maximum Gasteiger partial charge on any atom is 0.174 e. The zero-order valence-corrected chi connectivity index (χ0v) is 7.12. The fourth-order valence-corrected chi connectivity index (χ4v) is 0.812. The van der Waals surface area contributed by atoms with Crippen molar-refractivity contribution in [2.45, 2.75) is 39.7 Å². The molecule has 0 atom stereocenters. The molecule has 0 spiro atoms. The summed E-state index contributed by atoms with van der Waals surface area (Å²) in [5.74, 6) is 0.834. The van der Waals surface area contributed by atoms with E-state index in [2.05, 4.69) is 22.3 Å². The summed E-state index contributed by atoms with van der Waals surface area (Å²) in [7, 11) is 0. The molecule has 0 amide bonds. The molecule has 0 radical (unpaired) electrons. The van der Waals surface area contributed by atoms with Crippen LogP contribution < -0.4 is 0 Å². The first kappa shape index (κ1) is 8.17. The lowest BCUT2D eigenvalue weighted by atomic mass is 10.3. The first-order valence-electron chi connectivity index (χ1n) is 4.13. The van der Waals surface area contributed by atoms with Crippen LogP contribution in [0.3, 0.4) is 0 Å².